The fraction of sp³-hybridized carbons (Fsp3) is 0.190. The van der Waals surface area contributed by atoms with E-state index in [1.54, 1.807) is 11.0 Å². The number of hydrogen-bond donors (Lipinski definition) is 2. The van der Waals surface area contributed by atoms with Crippen LogP contribution < -0.4 is 5.32 Å². The van der Waals surface area contributed by atoms with Gasteiger partial charge in [0.1, 0.15) is 6.04 Å². The van der Waals surface area contributed by atoms with Crippen molar-refractivity contribution in [2.75, 3.05) is 6.54 Å². The molecule has 2 aromatic carbocycles. The third-order valence-electron chi connectivity index (χ3n) is 4.86. The van der Waals surface area contributed by atoms with Crippen molar-refractivity contribution in [3.05, 3.63) is 71.9 Å². The first-order chi connectivity index (χ1) is 13.1. The van der Waals surface area contributed by atoms with Crippen LogP contribution in [0, 0.1) is 0 Å². The molecule has 1 aliphatic heterocycles. The van der Waals surface area contributed by atoms with Crippen molar-refractivity contribution in [3.63, 3.8) is 0 Å². The van der Waals surface area contributed by atoms with E-state index in [9.17, 15) is 14.4 Å². The molecule has 27 heavy (non-hydrogen) atoms. The lowest BCUT2D eigenvalue weighted by Gasteiger charge is -2.17. The van der Waals surface area contributed by atoms with Gasteiger partial charge in [-0.1, -0.05) is 48.5 Å². The van der Waals surface area contributed by atoms with E-state index in [0.717, 1.165) is 11.1 Å². The monoisotopic (exact) mass is 361 g/mol. The minimum absolute atomic E-state index is 0.154. The summed E-state index contributed by atoms with van der Waals surface area (Å²) in [6.07, 6.45) is 2.03. The molecule has 2 amide bonds. The molecule has 1 saturated heterocycles. The van der Waals surface area contributed by atoms with E-state index in [2.05, 4.69) is 10.3 Å². The standard InChI is InChI=1S/C21H19N3O3/c25-19(16-12-22-17-9-5-4-8-15(16)17)20(26)23-18-10-11-24(21(18)27)13-14-6-2-1-3-7-14/h1-9,12,18,22H,10-11,13H2,(H,23,26). The van der Waals surface area contributed by atoms with Crippen molar-refractivity contribution in [1.29, 1.82) is 0 Å². The van der Waals surface area contributed by atoms with Gasteiger partial charge in [-0.25, -0.2) is 0 Å². The molecule has 2 N–H and O–H groups in total. The van der Waals surface area contributed by atoms with Crippen LogP contribution >= 0.6 is 0 Å². The molecule has 0 spiro atoms. The molecule has 1 atom stereocenters. The smallest absolute Gasteiger partial charge is 0.293 e. The van der Waals surface area contributed by atoms with Crippen LogP contribution in [0.5, 0.6) is 0 Å². The predicted molar refractivity (Wildman–Crippen MR) is 101 cm³/mol. The number of fused-ring (bicyclic) bond motifs is 1. The van der Waals surface area contributed by atoms with E-state index < -0.39 is 17.7 Å². The van der Waals surface area contributed by atoms with Crippen molar-refractivity contribution in [3.8, 4) is 0 Å². The third kappa shape index (κ3) is 3.33. The lowest BCUT2D eigenvalue weighted by molar-refractivity contribution is -0.132. The molecular formula is C21H19N3O3. The third-order valence-corrected chi connectivity index (χ3v) is 4.86. The maximum atomic E-state index is 12.6. The number of para-hydroxylation sites is 1. The predicted octanol–water partition coefficient (Wildman–Crippen LogP) is 2.27. The van der Waals surface area contributed by atoms with E-state index in [-0.39, 0.29) is 5.91 Å². The highest BCUT2D eigenvalue weighted by atomic mass is 16.2. The Morgan fingerprint density at radius 2 is 1.81 bits per heavy atom. The van der Waals surface area contributed by atoms with Gasteiger partial charge >= 0.3 is 0 Å². The fourth-order valence-corrected chi connectivity index (χ4v) is 3.44. The van der Waals surface area contributed by atoms with Crippen LogP contribution in [-0.4, -0.2) is 40.1 Å². The Balaban J connectivity index is 1.42. The lowest BCUT2D eigenvalue weighted by atomic mass is 10.1. The summed E-state index contributed by atoms with van der Waals surface area (Å²) >= 11 is 0. The second-order valence-corrected chi connectivity index (χ2v) is 6.64. The Hall–Kier alpha value is -3.41. The first kappa shape index (κ1) is 17.0. The highest BCUT2D eigenvalue weighted by Crippen LogP contribution is 2.19. The van der Waals surface area contributed by atoms with Crippen LogP contribution in [0.4, 0.5) is 0 Å². The van der Waals surface area contributed by atoms with Crippen LogP contribution in [0.3, 0.4) is 0 Å². The molecule has 2 heterocycles. The van der Waals surface area contributed by atoms with Gasteiger partial charge in [0, 0.05) is 30.2 Å². The second kappa shape index (κ2) is 7.07. The second-order valence-electron chi connectivity index (χ2n) is 6.64. The fourth-order valence-electron chi connectivity index (χ4n) is 3.44. The van der Waals surface area contributed by atoms with Crippen LogP contribution in [0.2, 0.25) is 0 Å². The van der Waals surface area contributed by atoms with Crippen LogP contribution in [0.25, 0.3) is 10.9 Å². The highest BCUT2D eigenvalue weighted by Gasteiger charge is 2.34. The van der Waals surface area contributed by atoms with Gasteiger partial charge in [0.2, 0.25) is 5.91 Å². The lowest BCUT2D eigenvalue weighted by Crippen LogP contribution is -2.44. The maximum Gasteiger partial charge on any atom is 0.293 e. The van der Waals surface area contributed by atoms with Crippen LogP contribution in [0.15, 0.2) is 60.8 Å². The zero-order chi connectivity index (χ0) is 18.8. The number of carbonyl (C=O) groups is 3. The van der Waals surface area contributed by atoms with Gasteiger partial charge in [-0.05, 0) is 18.1 Å². The Bertz CT molecular complexity index is 1010. The quantitative estimate of drug-likeness (QED) is 0.540. The van der Waals surface area contributed by atoms with E-state index in [0.29, 0.717) is 30.5 Å². The van der Waals surface area contributed by atoms with Gasteiger partial charge < -0.3 is 15.2 Å². The number of ketones is 1. The van der Waals surface area contributed by atoms with Gasteiger partial charge in [-0.15, -0.1) is 0 Å². The number of rotatable bonds is 5. The normalized spacial score (nSPS) is 16.7. The number of hydrogen-bond acceptors (Lipinski definition) is 3. The number of aromatic amines is 1. The molecule has 136 valence electrons. The van der Waals surface area contributed by atoms with Crippen molar-refractivity contribution in [2.45, 2.75) is 19.0 Å². The Morgan fingerprint density at radius 1 is 1.07 bits per heavy atom. The Morgan fingerprint density at radius 3 is 2.63 bits per heavy atom. The molecule has 1 fully saturated rings. The minimum Gasteiger partial charge on any atom is -0.360 e. The molecule has 6 nitrogen and oxygen atoms in total. The summed E-state index contributed by atoms with van der Waals surface area (Å²) in [6, 6.07) is 16.3. The molecule has 0 aliphatic carbocycles. The first-order valence-electron chi connectivity index (χ1n) is 8.87. The molecule has 0 saturated carbocycles. The van der Waals surface area contributed by atoms with Crippen molar-refractivity contribution >= 4 is 28.5 Å². The minimum atomic E-state index is -0.750. The average molecular weight is 361 g/mol. The number of Topliss-reactive ketones (excluding diaryl/α,β-unsaturated/α-hetero) is 1. The van der Waals surface area contributed by atoms with Crippen LogP contribution in [0.1, 0.15) is 22.3 Å². The highest BCUT2D eigenvalue weighted by molar-refractivity contribution is 6.45. The van der Waals surface area contributed by atoms with Gasteiger partial charge in [0.05, 0.1) is 5.56 Å². The van der Waals surface area contributed by atoms with E-state index in [4.69, 9.17) is 0 Å². The largest absolute Gasteiger partial charge is 0.360 e. The summed E-state index contributed by atoms with van der Waals surface area (Å²) in [5.41, 5.74) is 2.14. The molecule has 1 aliphatic rings. The van der Waals surface area contributed by atoms with Crippen LogP contribution in [-0.2, 0) is 16.1 Å². The van der Waals surface area contributed by atoms with Gasteiger partial charge in [-0.2, -0.15) is 0 Å². The molecule has 0 radical (unpaired) electrons. The maximum absolute atomic E-state index is 12.6. The number of amides is 2. The van der Waals surface area contributed by atoms with Gasteiger partial charge in [0.25, 0.3) is 11.7 Å². The molecule has 1 unspecified atom stereocenters. The molecule has 6 heteroatoms. The number of likely N-dealkylation sites (tertiary alicyclic amines) is 1. The summed E-state index contributed by atoms with van der Waals surface area (Å²) in [5, 5.41) is 3.30. The molecule has 4 rings (SSSR count). The number of aromatic nitrogens is 1. The summed E-state index contributed by atoms with van der Waals surface area (Å²) < 4.78 is 0. The number of benzene rings is 2. The van der Waals surface area contributed by atoms with E-state index in [1.807, 2.05) is 48.5 Å². The Kier molecular flexibility index (Phi) is 4.46. The SMILES string of the molecule is O=C(NC1CCN(Cc2ccccc2)C1=O)C(=O)c1c[nH]c2ccccc12. The first-order valence-corrected chi connectivity index (χ1v) is 8.87. The topological polar surface area (TPSA) is 82.3 Å². The zero-order valence-corrected chi connectivity index (χ0v) is 14.6. The molecule has 0 bridgehead atoms. The summed E-state index contributed by atoms with van der Waals surface area (Å²) in [6.45, 7) is 1.06. The Labute approximate surface area is 156 Å². The summed E-state index contributed by atoms with van der Waals surface area (Å²) in [7, 11) is 0. The van der Waals surface area contributed by atoms with E-state index in [1.165, 1.54) is 6.20 Å². The van der Waals surface area contributed by atoms with Crippen molar-refractivity contribution in [2.24, 2.45) is 0 Å². The van der Waals surface area contributed by atoms with Gasteiger partial charge in [0.15, 0.2) is 0 Å². The number of nitrogens with zero attached hydrogens (tertiary/aromatic N) is 1. The molecule has 1 aromatic heterocycles. The van der Waals surface area contributed by atoms with Gasteiger partial charge in [-0.3, -0.25) is 14.4 Å². The molecular weight excluding hydrogens is 342 g/mol. The van der Waals surface area contributed by atoms with Crippen molar-refractivity contribution < 1.29 is 14.4 Å². The van der Waals surface area contributed by atoms with Crippen molar-refractivity contribution in [1.82, 2.24) is 15.2 Å². The summed E-state index contributed by atoms with van der Waals surface area (Å²) in [5.74, 6) is -1.54. The molecule has 3 aromatic rings. The number of nitrogens with one attached hydrogen (secondary N) is 2. The average Bonchev–Trinajstić information content (AvgIpc) is 3.27. The summed E-state index contributed by atoms with van der Waals surface area (Å²) in [4.78, 5) is 42.2. The zero-order valence-electron chi connectivity index (χ0n) is 14.6. The number of H-pyrrole nitrogens is 1. The number of carbonyl (C=O) groups excluding carboxylic acids is 3. The van der Waals surface area contributed by atoms with E-state index >= 15 is 0 Å².